The average Bonchev–Trinajstić information content (AvgIpc) is 1.47. The Balaban J connectivity index is 0.0000114. The SMILES string of the molecule is [2H]c1c([2H])c([2H])c(-c2cccc(-c3c([2H])c([2H])c([2H])c([2H])c3[2H])c2-[n+]2[c-]n(-c3[c-]c(Oc4[c-]c5c(cc4)c4ccccc4n5-c4cc(C(C)(C)C)ccn4)c(-c4cc5cc(c4)c4cc(C(C)(C)C)cc(c4)c4cc(C(C)(C)C)cc(c4)c4cc(C(C)(C)C)cc(c4)c4cc(C(C)(C)C)cc(c4)c4cc(C(C)(C)C)cc5c4)cc3)c3ccccc32)c([2H])c1[2H].[Pt]. The molecule has 0 radical (unpaired) electrons. The molecule has 0 saturated heterocycles. The van der Waals surface area contributed by atoms with Gasteiger partial charge in [-0.2, -0.15) is 18.2 Å². The van der Waals surface area contributed by atoms with E-state index >= 15 is 0 Å². The third-order valence-corrected chi connectivity index (χ3v) is 22.3. The maximum absolute atomic E-state index is 9.47. The monoisotopic (exact) mass is 1670 g/mol. The van der Waals surface area contributed by atoms with Crippen molar-refractivity contribution in [1.29, 1.82) is 0 Å². The van der Waals surface area contributed by atoms with Gasteiger partial charge in [0.2, 0.25) is 0 Å². The van der Waals surface area contributed by atoms with E-state index in [1.807, 2.05) is 59.3 Å². The number of aromatic nitrogens is 4. The molecular formula is C108H100N4OPt-2. The van der Waals surface area contributed by atoms with Crippen molar-refractivity contribution >= 4 is 97.5 Å². The normalized spacial score (nSPS) is 13.8. The van der Waals surface area contributed by atoms with Crippen LogP contribution >= 0.6 is 0 Å². The Morgan fingerprint density at radius 3 is 1.18 bits per heavy atom. The Morgan fingerprint density at radius 2 is 0.754 bits per heavy atom. The van der Waals surface area contributed by atoms with Gasteiger partial charge in [0, 0.05) is 44.3 Å². The molecule has 0 N–H and O–H groups in total. The van der Waals surface area contributed by atoms with E-state index in [9.17, 15) is 5.48 Å². The van der Waals surface area contributed by atoms with Gasteiger partial charge in [-0.05, 0) is 218 Å². The minimum Gasteiger partial charge on any atom is -0.509 e. The van der Waals surface area contributed by atoms with E-state index in [4.69, 9.17) is 17.9 Å². The number of para-hydroxylation sites is 4. The van der Waals surface area contributed by atoms with Crippen LogP contribution in [0.15, 0.2) is 279 Å². The quantitative estimate of drug-likeness (QED) is 0.112. The summed E-state index contributed by atoms with van der Waals surface area (Å²) in [5, 5.41) is 14.9. The van der Waals surface area contributed by atoms with E-state index in [1.165, 1.54) is 16.7 Å². The Morgan fingerprint density at radius 1 is 0.351 bits per heavy atom. The fraction of sp³-hybridized carbons (Fsp3) is 0.222. The van der Waals surface area contributed by atoms with Crippen LogP contribution in [0.2, 0.25) is 0 Å². The van der Waals surface area contributed by atoms with Gasteiger partial charge in [-0.25, -0.2) is 4.98 Å². The Bertz CT molecular complexity index is 7150. The summed E-state index contributed by atoms with van der Waals surface area (Å²) in [6, 6.07) is 77.8. The van der Waals surface area contributed by atoms with Gasteiger partial charge < -0.3 is 13.9 Å². The second-order valence-electron chi connectivity index (χ2n) is 36.8. The number of hydrogen-bond donors (Lipinski definition) is 0. The van der Waals surface area contributed by atoms with Crippen LogP contribution in [-0.2, 0) is 53.6 Å². The molecule has 6 heteroatoms. The molecule has 0 fully saturated rings. The van der Waals surface area contributed by atoms with Gasteiger partial charge in [-0.3, -0.25) is 4.57 Å². The summed E-state index contributed by atoms with van der Waals surface area (Å²) in [5.41, 5.74) is 10.4. The molecule has 114 heavy (non-hydrogen) atoms. The molecule has 5 nitrogen and oxygen atoms in total. The van der Waals surface area contributed by atoms with Crippen molar-refractivity contribution in [3.63, 3.8) is 0 Å². The predicted molar refractivity (Wildman–Crippen MR) is 480 cm³/mol. The van der Waals surface area contributed by atoms with Gasteiger partial charge in [-0.1, -0.05) is 335 Å². The van der Waals surface area contributed by atoms with Crippen molar-refractivity contribution in [2.75, 3.05) is 0 Å². The molecule has 570 valence electrons. The van der Waals surface area contributed by atoms with Gasteiger partial charge in [0.15, 0.2) is 0 Å². The Kier molecular flexibility index (Phi) is 16.4. The predicted octanol–water partition coefficient (Wildman–Crippen LogP) is 29.0. The number of hydrogen-bond acceptors (Lipinski definition) is 2. The molecule has 0 spiro atoms. The average molecular weight is 1680 g/mol. The zero-order valence-electron chi connectivity index (χ0n) is 78.3. The molecule has 17 rings (SSSR count). The van der Waals surface area contributed by atoms with Crippen molar-refractivity contribution in [2.45, 2.75) is 157 Å². The van der Waals surface area contributed by atoms with E-state index in [0.29, 0.717) is 33.8 Å². The number of rotatable bonds is 8. The second kappa shape index (κ2) is 28.7. The maximum atomic E-state index is 9.47. The van der Waals surface area contributed by atoms with Gasteiger partial charge in [-0.15, -0.1) is 23.6 Å². The van der Waals surface area contributed by atoms with Gasteiger partial charge in [0.25, 0.3) is 6.33 Å². The van der Waals surface area contributed by atoms with E-state index in [2.05, 4.69) is 293 Å². The molecule has 0 unspecified atom stereocenters. The van der Waals surface area contributed by atoms with Crippen LogP contribution in [0, 0.1) is 18.5 Å². The molecule has 0 aliphatic carbocycles. The van der Waals surface area contributed by atoms with Crippen molar-refractivity contribution < 1.29 is 44.1 Å². The first-order valence-electron chi connectivity index (χ1n) is 44.2. The van der Waals surface area contributed by atoms with Gasteiger partial charge >= 0.3 is 0 Å². The van der Waals surface area contributed by atoms with E-state index in [0.717, 1.165) is 115 Å². The fourth-order valence-electron chi connectivity index (χ4n) is 15.6. The summed E-state index contributed by atoms with van der Waals surface area (Å²) in [5.74, 6) is 1.42. The molecule has 0 atom stereocenters. The smallest absolute Gasteiger partial charge is 0.268 e. The topological polar surface area (TPSA) is 35.9 Å². The standard InChI is InChI=1S/C108H100N4O.Pt/c1-103(2,3)83-44-45-109-101(64-83)112-96-37-26-25-34-94(96)95-43-41-90(66-99(95)112)113-100-65-89(110-67-111(98-39-28-27-38-97(98)110)102-92(68-30-21-19-22-31-68)35-29-36-93(102)69-32-23-20-24-33-69)40-42-91(100)82-52-70-46-71(53-82)73-48-75(57-85(55-73)105(7,8)9)77-50-79(61-87(59-77)107(13,14)15)81-51-80(62-88(63-81)108(16,17)18)78-49-76(58-86(60-78)106(10,11)12)74-47-72(70)54-84(56-74)104(4,5)6;/h19-64H,1-18H3;/q-2;/i19D,20D,21D,22D,23D,24D,30D,31D,32D,33D;. The number of benzene rings is 13. The molecule has 0 aliphatic heterocycles. The Hall–Kier alpha value is -11.2. The van der Waals surface area contributed by atoms with Crippen LogP contribution in [0.3, 0.4) is 0 Å². The largest absolute Gasteiger partial charge is 0.509 e. The number of pyridine rings is 1. The molecule has 3 aromatic heterocycles. The first-order valence-corrected chi connectivity index (χ1v) is 39.2. The molecule has 0 amide bonds. The Labute approximate surface area is 701 Å². The van der Waals surface area contributed by atoms with Gasteiger partial charge in [0.1, 0.15) is 5.82 Å². The summed E-state index contributed by atoms with van der Waals surface area (Å²) in [4.78, 5) is 5.05. The zero-order valence-corrected chi connectivity index (χ0v) is 70.6. The zero-order chi connectivity index (χ0) is 87.7. The number of fused-ring (bicyclic) bond motifs is 22. The van der Waals surface area contributed by atoms with Gasteiger partial charge in [0.05, 0.1) is 30.4 Å². The van der Waals surface area contributed by atoms with E-state index in [-0.39, 0.29) is 81.5 Å². The van der Waals surface area contributed by atoms with Crippen LogP contribution < -0.4 is 9.30 Å². The molecule has 14 aromatic carbocycles. The van der Waals surface area contributed by atoms with Crippen molar-refractivity contribution in [3.8, 4) is 62.1 Å². The third-order valence-electron chi connectivity index (χ3n) is 22.3. The van der Waals surface area contributed by atoms with Crippen molar-refractivity contribution in [3.05, 3.63) is 331 Å². The van der Waals surface area contributed by atoms with Crippen LogP contribution in [0.4, 0.5) is 0 Å². The van der Waals surface area contributed by atoms with Crippen LogP contribution in [0.25, 0.3) is 148 Å². The van der Waals surface area contributed by atoms with Crippen LogP contribution in [0.5, 0.6) is 11.5 Å². The second-order valence-corrected chi connectivity index (χ2v) is 36.8. The minimum absolute atomic E-state index is 0. The summed E-state index contributed by atoms with van der Waals surface area (Å²) < 4.78 is 104. The number of imidazole rings is 1. The first kappa shape index (κ1) is 65.2. The third kappa shape index (κ3) is 14.8. The molecule has 12 bridgehead atoms. The molecule has 0 aliphatic rings. The summed E-state index contributed by atoms with van der Waals surface area (Å²) in [6.07, 6.45) is 5.50. The maximum Gasteiger partial charge on any atom is 0.268 e. The fourth-order valence-corrected chi connectivity index (χ4v) is 15.6. The first-order chi connectivity index (χ1) is 57.9. The molecular weight excluding hydrogens is 1560 g/mol. The van der Waals surface area contributed by atoms with E-state index in [1.54, 1.807) is 22.8 Å². The summed E-state index contributed by atoms with van der Waals surface area (Å²) >= 11 is 0. The van der Waals surface area contributed by atoms with Crippen molar-refractivity contribution in [2.24, 2.45) is 0 Å². The van der Waals surface area contributed by atoms with Crippen molar-refractivity contribution in [1.82, 2.24) is 14.1 Å². The van der Waals surface area contributed by atoms with Crippen LogP contribution in [-0.4, -0.2) is 14.1 Å². The molecule has 17 aromatic rings. The summed E-state index contributed by atoms with van der Waals surface area (Å²) in [6.45, 7) is 41.0. The minimum atomic E-state index is -0.590. The van der Waals surface area contributed by atoms with Crippen LogP contribution in [0.1, 0.15) is 172 Å². The summed E-state index contributed by atoms with van der Waals surface area (Å²) in [7, 11) is 0. The molecule has 3 heterocycles. The number of nitrogens with zero attached hydrogens (tertiary/aromatic N) is 4. The molecule has 0 saturated carbocycles. The van der Waals surface area contributed by atoms with E-state index < -0.39 is 60.4 Å². The number of ether oxygens (including phenoxy) is 1.